The van der Waals surface area contributed by atoms with Crippen molar-refractivity contribution in [3.63, 3.8) is 0 Å². The van der Waals surface area contributed by atoms with Crippen LogP contribution in [0.5, 0.6) is 0 Å². The molecule has 2 heterocycles. The van der Waals surface area contributed by atoms with Crippen LogP contribution in [0.2, 0.25) is 0 Å². The summed E-state index contributed by atoms with van der Waals surface area (Å²) in [6.45, 7) is 0. The summed E-state index contributed by atoms with van der Waals surface area (Å²) in [6.07, 6.45) is 0.995. The third-order valence-corrected chi connectivity index (χ3v) is 3.00. The molecule has 0 spiro atoms. The summed E-state index contributed by atoms with van der Waals surface area (Å²) in [5, 5.41) is 4.12. The molecule has 0 nitrogen and oxygen atoms in total. The summed E-state index contributed by atoms with van der Waals surface area (Å²) >= 11 is 3.50. The second-order valence-corrected chi connectivity index (χ2v) is 4.15. The predicted octanol–water partition coefficient (Wildman–Crippen LogP) is -2.99. The SMILES string of the molecule is [Li+].[Li+].[c-]1ccsc1Cc1[c-]ccs1. The Kier molecular flexibility index (Phi) is 7.28. The van der Waals surface area contributed by atoms with E-state index in [0.29, 0.717) is 0 Å². The Morgan fingerprint density at radius 2 is 1.38 bits per heavy atom. The van der Waals surface area contributed by atoms with Gasteiger partial charge in [-0.2, -0.15) is 10.8 Å². The quantitative estimate of drug-likeness (QED) is 0.351. The van der Waals surface area contributed by atoms with E-state index in [9.17, 15) is 0 Å². The fourth-order valence-corrected chi connectivity index (χ4v) is 2.31. The second-order valence-electron chi connectivity index (χ2n) is 2.15. The van der Waals surface area contributed by atoms with Gasteiger partial charge < -0.3 is 0 Å². The number of hydrogen-bond donors (Lipinski definition) is 0. The van der Waals surface area contributed by atoms with Crippen molar-refractivity contribution >= 4 is 22.7 Å². The van der Waals surface area contributed by atoms with Crippen LogP contribution >= 0.6 is 22.7 Å². The van der Waals surface area contributed by atoms with Crippen LogP contribution in [0.4, 0.5) is 0 Å². The van der Waals surface area contributed by atoms with Crippen LogP contribution in [0, 0.1) is 12.1 Å². The Morgan fingerprint density at radius 1 is 0.923 bits per heavy atom. The molecular formula is C9H6Li2S2. The second kappa shape index (κ2) is 6.96. The van der Waals surface area contributed by atoms with E-state index >= 15 is 0 Å². The van der Waals surface area contributed by atoms with E-state index in [-0.39, 0.29) is 37.7 Å². The number of thiophene rings is 2. The molecule has 0 unspecified atom stereocenters. The molecule has 2 rings (SSSR count). The largest absolute Gasteiger partial charge is 1.00 e. The zero-order valence-electron chi connectivity index (χ0n) is 7.83. The number of hydrogen-bond acceptors (Lipinski definition) is 2. The van der Waals surface area contributed by atoms with E-state index in [0.717, 1.165) is 6.42 Å². The number of rotatable bonds is 2. The van der Waals surface area contributed by atoms with Gasteiger partial charge in [-0.05, 0) is 6.42 Å². The van der Waals surface area contributed by atoms with E-state index in [4.69, 9.17) is 0 Å². The third-order valence-electron chi connectivity index (χ3n) is 1.37. The van der Waals surface area contributed by atoms with E-state index in [1.165, 1.54) is 9.75 Å². The van der Waals surface area contributed by atoms with Gasteiger partial charge in [0, 0.05) is 0 Å². The maximum atomic E-state index is 3.18. The monoisotopic (exact) mass is 192 g/mol. The Bertz CT molecular complexity index is 268. The maximum absolute atomic E-state index is 3.18. The molecule has 0 aliphatic carbocycles. The Balaban J connectivity index is 0.000000720. The molecule has 2 aromatic heterocycles. The third kappa shape index (κ3) is 4.09. The van der Waals surface area contributed by atoms with Crippen molar-refractivity contribution in [1.82, 2.24) is 0 Å². The van der Waals surface area contributed by atoms with Crippen molar-refractivity contribution in [2.75, 3.05) is 0 Å². The fraction of sp³-hybridized carbons (Fsp3) is 0.111. The van der Waals surface area contributed by atoms with Crippen LogP contribution in [-0.4, -0.2) is 0 Å². The van der Waals surface area contributed by atoms with Crippen molar-refractivity contribution in [2.24, 2.45) is 0 Å². The summed E-state index contributed by atoms with van der Waals surface area (Å²) < 4.78 is 0. The molecule has 0 atom stereocenters. The van der Waals surface area contributed by atoms with Crippen molar-refractivity contribution in [3.8, 4) is 0 Å². The Morgan fingerprint density at radius 3 is 1.69 bits per heavy atom. The van der Waals surface area contributed by atoms with E-state index in [1.54, 1.807) is 22.7 Å². The first-order valence-corrected chi connectivity index (χ1v) is 5.09. The maximum Gasteiger partial charge on any atom is 1.00 e. The van der Waals surface area contributed by atoms with Gasteiger partial charge in [0.25, 0.3) is 0 Å². The van der Waals surface area contributed by atoms with Gasteiger partial charge in [0.05, 0.1) is 0 Å². The van der Waals surface area contributed by atoms with Gasteiger partial charge in [0.2, 0.25) is 0 Å². The Hall–Kier alpha value is 0.595. The van der Waals surface area contributed by atoms with E-state index < -0.39 is 0 Å². The first kappa shape index (κ1) is 13.6. The fourth-order valence-electron chi connectivity index (χ4n) is 0.886. The molecule has 0 aliphatic rings. The van der Waals surface area contributed by atoms with Crippen LogP contribution < -0.4 is 37.7 Å². The molecule has 0 radical (unpaired) electrons. The van der Waals surface area contributed by atoms with Crippen molar-refractivity contribution in [1.29, 1.82) is 0 Å². The zero-order chi connectivity index (χ0) is 7.52. The van der Waals surface area contributed by atoms with Crippen LogP contribution in [0.1, 0.15) is 9.75 Å². The molecule has 4 heteroatoms. The molecular weight excluding hydrogens is 186 g/mol. The van der Waals surface area contributed by atoms with Gasteiger partial charge in [-0.3, -0.25) is 22.7 Å². The standard InChI is InChI=1S/C9H6S2.2Li/c1-3-8(10-5-1)7-9-4-2-6-11-9;;/h1-2,5-6H,7H2;;/q-2;2*+1. The zero-order valence-corrected chi connectivity index (χ0v) is 9.47. The van der Waals surface area contributed by atoms with E-state index in [1.807, 2.05) is 12.1 Å². The van der Waals surface area contributed by atoms with Crippen LogP contribution in [0.15, 0.2) is 22.9 Å². The summed E-state index contributed by atoms with van der Waals surface area (Å²) in [6, 6.07) is 10.3. The summed E-state index contributed by atoms with van der Waals surface area (Å²) in [7, 11) is 0. The van der Waals surface area contributed by atoms with Gasteiger partial charge in [-0.25, -0.2) is 24.3 Å². The molecule has 0 saturated heterocycles. The smallest absolute Gasteiger partial charge is 0.269 e. The minimum atomic E-state index is 0. The molecule has 13 heavy (non-hydrogen) atoms. The molecule has 0 fully saturated rings. The molecule has 0 saturated carbocycles. The van der Waals surface area contributed by atoms with Crippen molar-refractivity contribution in [2.45, 2.75) is 6.42 Å². The molecule has 56 valence electrons. The first-order chi connectivity index (χ1) is 5.45. The van der Waals surface area contributed by atoms with E-state index in [2.05, 4.69) is 22.9 Å². The molecule has 0 amide bonds. The molecule has 0 N–H and O–H groups in total. The van der Waals surface area contributed by atoms with Crippen LogP contribution in [0.25, 0.3) is 0 Å². The average Bonchev–Trinajstić information content (AvgIpc) is 2.60. The van der Waals surface area contributed by atoms with Crippen molar-refractivity contribution in [3.05, 3.63) is 44.8 Å². The predicted molar refractivity (Wildman–Crippen MR) is 49.1 cm³/mol. The summed E-state index contributed by atoms with van der Waals surface area (Å²) in [5.41, 5.74) is 0. The molecule has 2 aromatic rings. The van der Waals surface area contributed by atoms with Gasteiger partial charge >= 0.3 is 37.7 Å². The van der Waals surface area contributed by atoms with Gasteiger partial charge in [-0.15, -0.1) is 9.75 Å². The molecule has 0 bridgehead atoms. The molecule has 0 aliphatic heterocycles. The summed E-state index contributed by atoms with van der Waals surface area (Å²) in [5.74, 6) is 0. The first-order valence-electron chi connectivity index (χ1n) is 3.33. The van der Waals surface area contributed by atoms with Crippen molar-refractivity contribution < 1.29 is 37.7 Å². The summed E-state index contributed by atoms with van der Waals surface area (Å²) in [4.78, 5) is 2.59. The Labute approximate surface area is 111 Å². The average molecular weight is 192 g/mol. The molecule has 0 aromatic carbocycles. The topological polar surface area (TPSA) is 0 Å². The van der Waals surface area contributed by atoms with Gasteiger partial charge in [0.1, 0.15) is 0 Å². The van der Waals surface area contributed by atoms with Crippen LogP contribution in [-0.2, 0) is 6.42 Å². The minimum Gasteiger partial charge on any atom is -0.269 e. The van der Waals surface area contributed by atoms with Crippen LogP contribution in [0.3, 0.4) is 0 Å². The minimum absolute atomic E-state index is 0. The van der Waals surface area contributed by atoms with Gasteiger partial charge in [-0.1, -0.05) is 0 Å². The normalized spacial score (nSPS) is 8.62. The van der Waals surface area contributed by atoms with Gasteiger partial charge in [0.15, 0.2) is 0 Å².